The Labute approximate surface area is 97.9 Å². The van der Waals surface area contributed by atoms with E-state index in [0.717, 1.165) is 5.69 Å². The summed E-state index contributed by atoms with van der Waals surface area (Å²) in [4.78, 5) is 22.7. The van der Waals surface area contributed by atoms with Crippen LogP contribution in [0.5, 0.6) is 0 Å². The van der Waals surface area contributed by atoms with E-state index in [-0.39, 0.29) is 17.8 Å². The molecule has 6 nitrogen and oxygen atoms in total. The number of hydrogen-bond donors (Lipinski definition) is 0. The molecular formula is C11H12N2O4. The van der Waals surface area contributed by atoms with Crippen LogP contribution >= 0.6 is 0 Å². The minimum atomic E-state index is -0.429. The van der Waals surface area contributed by atoms with Crippen LogP contribution in [-0.2, 0) is 9.53 Å². The molecule has 1 aromatic rings. The minimum Gasteiger partial charge on any atom is -0.459 e. The zero-order chi connectivity index (χ0) is 12.4. The van der Waals surface area contributed by atoms with Gasteiger partial charge in [-0.1, -0.05) is 0 Å². The summed E-state index contributed by atoms with van der Waals surface area (Å²) in [6.07, 6.45) is -0.0670. The molecular weight excluding hydrogens is 224 g/mol. The Kier molecular flexibility index (Phi) is 2.95. The van der Waals surface area contributed by atoms with E-state index < -0.39 is 4.92 Å². The lowest BCUT2D eigenvalue weighted by Crippen LogP contribution is -2.52. The van der Waals surface area contributed by atoms with Gasteiger partial charge in [0, 0.05) is 24.7 Å². The zero-order valence-electron chi connectivity index (χ0n) is 9.33. The first-order valence-corrected chi connectivity index (χ1v) is 5.23. The molecule has 0 radical (unpaired) electrons. The Balaban J connectivity index is 1.93. The molecule has 0 amide bonds. The van der Waals surface area contributed by atoms with Crippen LogP contribution in [0.4, 0.5) is 11.4 Å². The Morgan fingerprint density at radius 2 is 2.00 bits per heavy atom. The number of rotatable bonds is 3. The van der Waals surface area contributed by atoms with Crippen LogP contribution in [-0.4, -0.2) is 30.1 Å². The van der Waals surface area contributed by atoms with Crippen molar-refractivity contribution in [1.29, 1.82) is 0 Å². The normalized spacial score (nSPS) is 15.2. The number of nitro benzene ring substituents is 1. The topological polar surface area (TPSA) is 72.7 Å². The van der Waals surface area contributed by atoms with Gasteiger partial charge in [0.25, 0.3) is 5.69 Å². The van der Waals surface area contributed by atoms with Gasteiger partial charge in [0.2, 0.25) is 0 Å². The van der Waals surface area contributed by atoms with Crippen molar-refractivity contribution in [2.45, 2.75) is 13.0 Å². The highest BCUT2D eigenvalue weighted by molar-refractivity contribution is 5.66. The lowest BCUT2D eigenvalue weighted by Gasteiger charge is -2.39. The van der Waals surface area contributed by atoms with E-state index in [2.05, 4.69) is 0 Å². The van der Waals surface area contributed by atoms with Gasteiger partial charge in [0.15, 0.2) is 0 Å². The van der Waals surface area contributed by atoms with E-state index in [9.17, 15) is 14.9 Å². The molecule has 0 N–H and O–H groups in total. The first-order valence-electron chi connectivity index (χ1n) is 5.23. The fourth-order valence-electron chi connectivity index (χ4n) is 1.74. The van der Waals surface area contributed by atoms with Gasteiger partial charge in [-0.3, -0.25) is 14.9 Å². The number of nitro groups is 1. The van der Waals surface area contributed by atoms with Crippen LogP contribution in [0, 0.1) is 10.1 Å². The third-order valence-electron chi connectivity index (χ3n) is 2.61. The van der Waals surface area contributed by atoms with Crippen molar-refractivity contribution in [3.8, 4) is 0 Å². The molecule has 0 bridgehead atoms. The standard InChI is InChI=1S/C11H12N2O4/c1-8(14)17-11-6-12(7-11)9-2-4-10(5-3-9)13(15)16/h2-5,11H,6-7H2,1H3. The predicted molar refractivity (Wildman–Crippen MR) is 60.9 cm³/mol. The number of nitrogens with zero attached hydrogens (tertiary/aromatic N) is 2. The van der Waals surface area contributed by atoms with Gasteiger partial charge in [-0.05, 0) is 12.1 Å². The summed E-state index contributed by atoms with van der Waals surface area (Å²) in [5, 5.41) is 10.5. The first kappa shape index (κ1) is 11.4. The van der Waals surface area contributed by atoms with Crippen molar-refractivity contribution < 1.29 is 14.5 Å². The molecule has 0 unspecified atom stereocenters. The molecule has 0 aromatic heterocycles. The van der Waals surface area contributed by atoms with E-state index in [1.165, 1.54) is 19.1 Å². The Bertz CT molecular complexity index is 437. The highest BCUT2D eigenvalue weighted by atomic mass is 16.6. The predicted octanol–water partition coefficient (Wildman–Crippen LogP) is 1.35. The number of hydrogen-bond acceptors (Lipinski definition) is 5. The molecule has 0 spiro atoms. The summed E-state index contributed by atoms with van der Waals surface area (Å²) < 4.78 is 5.01. The smallest absolute Gasteiger partial charge is 0.303 e. The Morgan fingerprint density at radius 1 is 1.41 bits per heavy atom. The molecule has 1 fully saturated rings. The van der Waals surface area contributed by atoms with Crippen LogP contribution in [0.15, 0.2) is 24.3 Å². The molecule has 2 rings (SSSR count). The number of esters is 1. The van der Waals surface area contributed by atoms with Gasteiger partial charge < -0.3 is 9.64 Å². The second-order valence-electron chi connectivity index (χ2n) is 3.91. The van der Waals surface area contributed by atoms with Crippen molar-refractivity contribution in [2.24, 2.45) is 0 Å². The maximum atomic E-state index is 10.7. The summed E-state index contributed by atoms with van der Waals surface area (Å²) in [6.45, 7) is 2.66. The Hall–Kier alpha value is -2.11. The second-order valence-corrected chi connectivity index (χ2v) is 3.91. The van der Waals surface area contributed by atoms with Crippen molar-refractivity contribution >= 4 is 17.3 Å². The van der Waals surface area contributed by atoms with Gasteiger partial charge in [0.1, 0.15) is 6.10 Å². The summed E-state index contributed by atoms with van der Waals surface area (Å²) >= 11 is 0. The SMILES string of the molecule is CC(=O)OC1CN(c2ccc([N+](=O)[O-])cc2)C1. The fraction of sp³-hybridized carbons (Fsp3) is 0.364. The van der Waals surface area contributed by atoms with Gasteiger partial charge in [-0.2, -0.15) is 0 Å². The van der Waals surface area contributed by atoms with E-state index >= 15 is 0 Å². The quantitative estimate of drug-likeness (QED) is 0.450. The maximum Gasteiger partial charge on any atom is 0.303 e. The lowest BCUT2D eigenvalue weighted by molar-refractivity contribution is -0.384. The molecule has 1 aliphatic rings. The highest BCUT2D eigenvalue weighted by Crippen LogP contribution is 2.24. The largest absolute Gasteiger partial charge is 0.459 e. The molecule has 1 heterocycles. The van der Waals surface area contributed by atoms with Gasteiger partial charge in [0.05, 0.1) is 18.0 Å². The van der Waals surface area contributed by atoms with Gasteiger partial charge >= 0.3 is 5.97 Å². The van der Waals surface area contributed by atoms with Gasteiger partial charge in [-0.25, -0.2) is 0 Å². The summed E-state index contributed by atoms with van der Waals surface area (Å²) in [5.41, 5.74) is 0.977. The summed E-state index contributed by atoms with van der Waals surface area (Å²) in [5.74, 6) is -0.279. The van der Waals surface area contributed by atoms with Crippen molar-refractivity contribution in [1.82, 2.24) is 0 Å². The molecule has 0 atom stereocenters. The zero-order valence-corrected chi connectivity index (χ0v) is 9.33. The first-order chi connectivity index (χ1) is 8.06. The van der Waals surface area contributed by atoms with E-state index in [1.54, 1.807) is 12.1 Å². The molecule has 1 aromatic carbocycles. The molecule has 90 valence electrons. The van der Waals surface area contributed by atoms with Gasteiger partial charge in [-0.15, -0.1) is 0 Å². The second kappa shape index (κ2) is 4.40. The monoisotopic (exact) mass is 236 g/mol. The van der Waals surface area contributed by atoms with E-state index in [4.69, 9.17) is 4.74 Å². The molecule has 17 heavy (non-hydrogen) atoms. The summed E-state index contributed by atoms with van der Waals surface area (Å²) in [7, 11) is 0. The molecule has 1 aliphatic heterocycles. The maximum absolute atomic E-state index is 10.7. The van der Waals surface area contributed by atoms with Crippen LogP contribution < -0.4 is 4.90 Å². The molecule has 6 heteroatoms. The van der Waals surface area contributed by atoms with Crippen LogP contribution in [0.2, 0.25) is 0 Å². The van der Waals surface area contributed by atoms with E-state index in [0.29, 0.717) is 13.1 Å². The molecule has 0 aliphatic carbocycles. The fourth-order valence-corrected chi connectivity index (χ4v) is 1.74. The van der Waals surface area contributed by atoms with Crippen LogP contribution in [0.3, 0.4) is 0 Å². The number of carbonyl (C=O) groups excluding carboxylic acids is 1. The van der Waals surface area contributed by atoms with E-state index in [1.807, 2.05) is 4.90 Å². The lowest BCUT2D eigenvalue weighted by atomic mass is 10.1. The number of non-ortho nitro benzene ring substituents is 1. The third kappa shape index (κ3) is 2.52. The number of benzene rings is 1. The average Bonchev–Trinajstić information content (AvgIpc) is 2.23. The average molecular weight is 236 g/mol. The van der Waals surface area contributed by atoms with Crippen molar-refractivity contribution in [2.75, 3.05) is 18.0 Å². The number of carbonyl (C=O) groups is 1. The third-order valence-corrected chi connectivity index (χ3v) is 2.61. The summed E-state index contributed by atoms with van der Waals surface area (Å²) in [6, 6.07) is 6.33. The van der Waals surface area contributed by atoms with Crippen molar-refractivity contribution in [3.63, 3.8) is 0 Å². The molecule has 1 saturated heterocycles. The Morgan fingerprint density at radius 3 is 2.47 bits per heavy atom. The minimum absolute atomic E-state index is 0.0670. The van der Waals surface area contributed by atoms with Crippen molar-refractivity contribution in [3.05, 3.63) is 34.4 Å². The number of anilines is 1. The highest BCUT2D eigenvalue weighted by Gasteiger charge is 2.29. The molecule has 0 saturated carbocycles. The van der Waals surface area contributed by atoms with Crippen LogP contribution in [0.25, 0.3) is 0 Å². The van der Waals surface area contributed by atoms with Crippen LogP contribution in [0.1, 0.15) is 6.92 Å². The number of ether oxygens (including phenoxy) is 1.